The Morgan fingerprint density at radius 3 is 2.57 bits per heavy atom. The second-order valence-corrected chi connectivity index (χ2v) is 7.19. The van der Waals surface area contributed by atoms with Gasteiger partial charge in [0, 0.05) is 20.5 Å². The van der Waals surface area contributed by atoms with Crippen LogP contribution in [0, 0.1) is 0 Å². The number of rotatable bonds is 3. The lowest BCUT2D eigenvalue weighted by molar-refractivity contribution is -0.184. The topological polar surface area (TPSA) is 85.5 Å². The van der Waals surface area contributed by atoms with Crippen molar-refractivity contribution in [3.63, 3.8) is 0 Å². The molecule has 2 aliphatic heterocycles. The number of fused-ring (bicyclic) bond motifs is 1. The molecule has 0 amide bonds. The Morgan fingerprint density at radius 2 is 1.91 bits per heavy atom. The molecule has 3 rings (SSSR count). The molecule has 7 heteroatoms. The van der Waals surface area contributed by atoms with Crippen molar-refractivity contribution in [3.8, 4) is 0 Å². The molecule has 0 saturated carbocycles. The van der Waals surface area contributed by atoms with Crippen molar-refractivity contribution in [2.24, 2.45) is 4.99 Å². The van der Waals surface area contributed by atoms with Crippen LogP contribution in [0.2, 0.25) is 0 Å². The molecule has 0 radical (unpaired) electrons. The Balaban J connectivity index is 1.71. The molecule has 126 valence electrons. The minimum atomic E-state index is -1.17. The molecule has 1 fully saturated rings. The van der Waals surface area contributed by atoms with E-state index < -0.39 is 30.5 Å². The number of nitrogens with zero attached hydrogens (tertiary/aromatic N) is 2. The molecule has 1 aromatic carbocycles. The number of benzene rings is 1. The average Bonchev–Trinajstić information content (AvgIpc) is 2.96. The normalized spacial score (nSPS) is 34.7. The van der Waals surface area contributed by atoms with Crippen LogP contribution in [0.3, 0.4) is 0 Å². The molecule has 2 heterocycles. The Kier molecular flexibility index (Phi) is 4.93. The van der Waals surface area contributed by atoms with Crippen LogP contribution in [0.5, 0.6) is 0 Å². The van der Waals surface area contributed by atoms with Crippen LogP contribution in [0.4, 0.5) is 0 Å². The van der Waals surface area contributed by atoms with Crippen molar-refractivity contribution in [3.05, 3.63) is 35.9 Å². The van der Waals surface area contributed by atoms with E-state index in [4.69, 9.17) is 4.74 Å². The molecule has 23 heavy (non-hydrogen) atoms. The summed E-state index contributed by atoms with van der Waals surface area (Å²) in [5.74, 6) is 0. The van der Waals surface area contributed by atoms with Gasteiger partial charge in [-0.2, -0.15) is 0 Å². The van der Waals surface area contributed by atoms with Crippen LogP contribution < -0.4 is 0 Å². The Labute approximate surface area is 139 Å². The number of hydrogen-bond acceptors (Lipinski definition) is 7. The number of hydrogen-bond donors (Lipinski definition) is 3. The van der Waals surface area contributed by atoms with Crippen LogP contribution >= 0.6 is 11.8 Å². The van der Waals surface area contributed by atoms with E-state index in [1.165, 1.54) is 11.8 Å². The maximum absolute atomic E-state index is 10.5. The molecular weight excluding hydrogens is 316 g/mol. The lowest BCUT2D eigenvalue weighted by Crippen LogP contribution is -2.58. The summed E-state index contributed by atoms with van der Waals surface area (Å²) in [6.45, 7) is 0. The number of thioether (sulfide) groups is 1. The fourth-order valence-corrected chi connectivity index (χ4v) is 4.03. The van der Waals surface area contributed by atoms with Crippen molar-refractivity contribution in [2.75, 3.05) is 14.1 Å². The molecule has 0 bridgehead atoms. The number of aliphatic imine (C=N–C) groups is 1. The van der Waals surface area contributed by atoms with Gasteiger partial charge in [-0.1, -0.05) is 42.1 Å². The van der Waals surface area contributed by atoms with E-state index >= 15 is 0 Å². The van der Waals surface area contributed by atoms with Gasteiger partial charge in [-0.15, -0.1) is 0 Å². The second kappa shape index (κ2) is 6.78. The Hall–Kier alpha value is -1.12. The van der Waals surface area contributed by atoms with Gasteiger partial charge in [0.1, 0.15) is 29.8 Å². The lowest BCUT2D eigenvalue weighted by atomic mass is 9.92. The van der Waals surface area contributed by atoms with Crippen molar-refractivity contribution < 1.29 is 20.1 Å². The van der Waals surface area contributed by atoms with Crippen LogP contribution in [-0.4, -0.2) is 75.4 Å². The molecule has 6 nitrogen and oxygen atoms in total. The SMILES string of the molecule is CN(C)C1=NC2C(OC(C(O)Cc3ccccc3)C(O)C2O)S1. The quantitative estimate of drug-likeness (QED) is 0.723. The summed E-state index contributed by atoms with van der Waals surface area (Å²) in [7, 11) is 3.74. The van der Waals surface area contributed by atoms with Gasteiger partial charge in [-0.3, -0.25) is 4.99 Å². The minimum absolute atomic E-state index is 0.360. The third kappa shape index (κ3) is 3.39. The van der Waals surface area contributed by atoms with E-state index in [1.807, 2.05) is 49.3 Å². The predicted octanol–water partition coefficient (Wildman–Crippen LogP) is 0.0697. The van der Waals surface area contributed by atoms with Gasteiger partial charge in [0.25, 0.3) is 0 Å². The van der Waals surface area contributed by atoms with Gasteiger partial charge in [-0.05, 0) is 5.56 Å². The largest absolute Gasteiger partial charge is 0.390 e. The molecule has 1 aromatic rings. The Morgan fingerprint density at radius 1 is 1.22 bits per heavy atom. The number of amidine groups is 1. The summed E-state index contributed by atoms with van der Waals surface area (Å²) < 4.78 is 5.87. The molecule has 6 unspecified atom stereocenters. The van der Waals surface area contributed by atoms with E-state index in [1.54, 1.807) is 0 Å². The average molecular weight is 338 g/mol. The monoisotopic (exact) mass is 338 g/mol. The zero-order chi connectivity index (χ0) is 16.6. The summed E-state index contributed by atoms with van der Waals surface area (Å²) in [5, 5.41) is 31.9. The third-order valence-corrected chi connectivity index (χ3v) is 5.44. The van der Waals surface area contributed by atoms with Crippen molar-refractivity contribution in [2.45, 2.75) is 42.3 Å². The molecule has 0 aliphatic carbocycles. The zero-order valence-electron chi connectivity index (χ0n) is 13.1. The minimum Gasteiger partial charge on any atom is -0.390 e. The lowest BCUT2D eigenvalue weighted by Gasteiger charge is -2.40. The first kappa shape index (κ1) is 16.7. The van der Waals surface area contributed by atoms with E-state index in [0.717, 1.165) is 10.7 Å². The third-order valence-electron chi connectivity index (χ3n) is 4.14. The fourth-order valence-electron chi connectivity index (χ4n) is 2.88. The first-order valence-corrected chi connectivity index (χ1v) is 8.50. The van der Waals surface area contributed by atoms with Crippen LogP contribution in [0.15, 0.2) is 35.3 Å². The first-order chi connectivity index (χ1) is 11.0. The molecule has 0 spiro atoms. The molecule has 3 N–H and O–H groups in total. The standard InChI is InChI=1S/C16H22N2O4S/c1-18(2)16-17-11-12(20)13(21)14(22-15(11)23-16)10(19)8-9-6-4-3-5-7-9/h3-7,10-15,19-21H,8H2,1-2H3. The summed E-state index contributed by atoms with van der Waals surface area (Å²) in [6.07, 6.45) is -3.59. The zero-order valence-corrected chi connectivity index (χ0v) is 13.9. The summed E-state index contributed by atoms with van der Waals surface area (Å²) >= 11 is 1.41. The van der Waals surface area contributed by atoms with Crippen LogP contribution in [-0.2, 0) is 11.2 Å². The van der Waals surface area contributed by atoms with Gasteiger partial charge in [0.2, 0.25) is 0 Å². The fraction of sp³-hybridized carbons (Fsp3) is 0.562. The highest BCUT2D eigenvalue weighted by Crippen LogP contribution is 2.38. The molecule has 2 aliphatic rings. The van der Waals surface area contributed by atoms with E-state index in [0.29, 0.717) is 6.42 Å². The number of ether oxygens (including phenoxy) is 1. The van der Waals surface area contributed by atoms with E-state index in [9.17, 15) is 15.3 Å². The van der Waals surface area contributed by atoms with Gasteiger partial charge in [0.05, 0.1) is 6.10 Å². The predicted molar refractivity (Wildman–Crippen MR) is 89.3 cm³/mol. The summed E-state index contributed by atoms with van der Waals surface area (Å²) in [6, 6.07) is 9.02. The Bertz CT molecular complexity index is 568. The molecule has 0 aromatic heterocycles. The highest BCUT2D eigenvalue weighted by Gasteiger charge is 2.50. The molecular formula is C16H22N2O4S. The highest BCUT2D eigenvalue weighted by molar-refractivity contribution is 8.14. The van der Waals surface area contributed by atoms with Crippen molar-refractivity contribution in [1.82, 2.24) is 4.90 Å². The van der Waals surface area contributed by atoms with Crippen LogP contribution in [0.25, 0.3) is 0 Å². The van der Waals surface area contributed by atoms with Crippen molar-refractivity contribution in [1.29, 1.82) is 0 Å². The maximum atomic E-state index is 10.5. The van der Waals surface area contributed by atoms with Gasteiger partial charge >= 0.3 is 0 Å². The first-order valence-electron chi connectivity index (χ1n) is 7.62. The number of aliphatic hydroxyl groups is 3. The van der Waals surface area contributed by atoms with Crippen molar-refractivity contribution >= 4 is 16.9 Å². The highest BCUT2D eigenvalue weighted by atomic mass is 32.2. The smallest absolute Gasteiger partial charge is 0.161 e. The summed E-state index contributed by atoms with van der Waals surface area (Å²) in [4.78, 5) is 6.26. The van der Waals surface area contributed by atoms with E-state index in [-0.39, 0.29) is 5.44 Å². The molecule has 6 atom stereocenters. The second-order valence-electron chi connectivity index (χ2n) is 6.12. The van der Waals surface area contributed by atoms with Crippen LogP contribution in [0.1, 0.15) is 5.56 Å². The molecule has 1 saturated heterocycles. The van der Waals surface area contributed by atoms with Gasteiger partial charge in [-0.25, -0.2) is 0 Å². The van der Waals surface area contributed by atoms with Gasteiger partial charge < -0.3 is 25.0 Å². The van der Waals surface area contributed by atoms with Gasteiger partial charge in [0.15, 0.2) is 5.17 Å². The summed E-state index contributed by atoms with van der Waals surface area (Å²) in [5.41, 5.74) is 0.568. The maximum Gasteiger partial charge on any atom is 0.161 e. The number of aliphatic hydroxyl groups excluding tert-OH is 3. The van der Waals surface area contributed by atoms with E-state index in [2.05, 4.69) is 4.99 Å².